The number of rotatable bonds is 8. The SMILES string of the molecule is Cc1cc(F)ccc1S(=O)(=O)Nc1ccccc1C(=O)OCC(=O)NCC(C)C. The van der Waals surface area contributed by atoms with E-state index in [9.17, 15) is 22.4 Å². The van der Waals surface area contributed by atoms with Crippen molar-refractivity contribution in [1.82, 2.24) is 5.32 Å². The number of anilines is 1. The van der Waals surface area contributed by atoms with Gasteiger partial charge in [-0.2, -0.15) is 0 Å². The molecule has 0 radical (unpaired) electrons. The number of hydrogen-bond donors (Lipinski definition) is 2. The van der Waals surface area contributed by atoms with Gasteiger partial charge in [-0.1, -0.05) is 26.0 Å². The zero-order valence-corrected chi connectivity index (χ0v) is 17.2. The molecule has 0 fully saturated rings. The van der Waals surface area contributed by atoms with Crippen LogP contribution in [-0.2, 0) is 19.6 Å². The Hall–Kier alpha value is -2.94. The first-order chi connectivity index (χ1) is 13.6. The topological polar surface area (TPSA) is 102 Å². The monoisotopic (exact) mass is 422 g/mol. The lowest BCUT2D eigenvalue weighted by Gasteiger charge is -2.14. The van der Waals surface area contributed by atoms with Gasteiger partial charge in [0.1, 0.15) is 5.82 Å². The van der Waals surface area contributed by atoms with E-state index < -0.39 is 34.3 Å². The third kappa shape index (κ3) is 6.28. The van der Waals surface area contributed by atoms with Crippen molar-refractivity contribution < 1.29 is 27.1 Å². The van der Waals surface area contributed by atoms with E-state index in [1.165, 1.54) is 25.1 Å². The van der Waals surface area contributed by atoms with Crippen LogP contribution in [0.3, 0.4) is 0 Å². The summed E-state index contributed by atoms with van der Waals surface area (Å²) >= 11 is 0. The van der Waals surface area contributed by atoms with Gasteiger partial charge in [-0.25, -0.2) is 17.6 Å². The maximum Gasteiger partial charge on any atom is 0.340 e. The molecule has 0 aliphatic carbocycles. The summed E-state index contributed by atoms with van der Waals surface area (Å²) in [6.45, 7) is 5.29. The molecular formula is C20H23FN2O5S. The Morgan fingerprint density at radius 3 is 2.48 bits per heavy atom. The van der Waals surface area contributed by atoms with E-state index in [2.05, 4.69) is 10.0 Å². The Morgan fingerprint density at radius 2 is 1.83 bits per heavy atom. The second-order valence-corrected chi connectivity index (χ2v) is 8.49. The van der Waals surface area contributed by atoms with E-state index in [0.717, 1.165) is 18.2 Å². The molecule has 0 heterocycles. The molecule has 0 atom stereocenters. The molecule has 7 nitrogen and oxygen atoms in total. The second-order valence-electron chi connectivity index (χ2n) is 6.83. The van der Waals surface area contributed by atoms with Gasteiger partial charge >= 0.3 is 5.97 Å². The molecule has 0 saturated heterocycles. The molecule has 29 heavy (non-hydrogen) atoms. The van der Waals surface area contributed by atoms with Crippen LogP contribution in [0.5, 0.6) is 0 Å². The van der Waals surface area contributed by atoms with Crippen LogP contribution in [0.1, 0.15) is 29.8 Å². The van der Waals surface area contributed by atoms with Gasteiger partial charge in [-0.15, -0.1) is 0 Å². The first-order valence-corrected chi connectivity index (χ1v) is 10.4. The molecule has 0 spiro atoms. The van der Waals surface area contributed by atoms with Gasteiger partial charge in [0.2, 0.25) is 0 Å². The van der Waals surface area contributed by atoms with Crippen molar-refractivity contribution in [3.63, 3.8) is 0 Å². The third-order valence-electron chi connectivity index (χ3n) is 3.86. The Morgan fingerprint density at radius 1 is 1.14 bits per heavy atom. The first kappa shape index (κ1) is 22.4. The maximum atomic E-state index is 13.3. The number of esters is 1. The largest absolute Gasteiger partial charge is 0.452 e. The molecule has 0 aromatic heterocycles. The minimum absolute atomic E-state index is 0.0104. The summed E-state index contributed by atoms with van der Waals surface area (Å²) in [5, 5.41) is 2.62. The second kappa shape index (κ2) is 9.51. The highest BCUT2D eigenvalue weighted by Crippen LogP contribution is 2.23. The van der Waals surface area contributed by atoms with E-state index in [1.54, 1.807) is 6.07 Å². The Kier molecular flexibility index (Phi) is 7.33. The predicted molar refractivity (Wildman–Crippen MR) is 107 cm³/mol. The summed E-state index contributed by atoms with van der Waals surface area (Å²) in [5.41, 5.74) is 0.163. The molecule has 2 N–H and O–H groups in total. The number of benzene rings is 2. The van der Waals surface area contributed by atoms with Crippen molar-refractivity contribution in [2.75, 3.05) is 17.9 Å². The average molecular weight is 422 g/mol. The molecule has 156 valence electrons. The molecule has 0 aliphatic heterocycles. The summed E-state index contributed by atoms with van der Waals surface area (Å²) in [7, 11) is -4.07. The average Bonchev–Trinajstić information content (AvgIpc) is 2.64. The predicted octanol–water partition coefficient (Wildman–Crippen LogP) is 2.86. The Labute approximate surface area is 169 Å². The number of para-hydroxylation sites is 1. The molecular weight excluding hydrogens is 399 g/mol. The molecule has 0 bridgehead atoms. The number of carbonyl (C=O) groups excluding carboxylic acids is 2. The zero-order valence-electron chi connectivity index (χ0n) is 16.4. The fourth-order valence-corrected chi connectivity index (χ4v) is 3.75. The number of aryl methyl sites for hydroxylation is 1. The minimum Gasteiger partial charge on any atom is -0.452 e. The number of hydrogen-bond acceptors (Lipinski definition) is 5. The number of halogens is 1. The van der Waals surface area contributed by atoms with Crippen LogP contribution in [0.2, 0.25) is 0 Å². The highest BCUT2D eigenvalue weighted by Gasteiger charge is 2.21. The molecule has 0 aliphatic rings. The van der Waals surface area contributed by atoms with Gasteiger partial charge in [-0.05, 0) is 48.7 Å². The fraction of sp³-hybridized carbons (Fsp3) is 0.300. The van der Waals surface area contributed by atoms with E-state index in [1.807, 2.05) is 13.8 Å². The fourth-order valence-electron chi connectivity index (χ4n) is 2.44. The van der Waals surface area contributed by atoms with Gasteiger partial charge in [0, 0.05) is 6.54 Å². The summed E-state index contributed by atoms with van der Waals surface area (Å²) in [4.78, 5) is 24.0. The summed E-state index contributed by atoms with van der Waals surface area (Å²) in [5.74, 6) is -1.60. The number of nitrogens with one attached hydrogen (secondary N) is 2. The molecule has 0 saturated carbocycles. The summed E-state index contributed by atoms with van der Waals surface area (Å²) < 4.78 is 45.9. The normalized spacial score (nSPS) is 11.2. The van der Waals surface area contributed by atoms with Crippen molar-refractivity contribution in [3.05, 3.63) is 59.4 Å². The smallest absolute Gasteiger partial charge is 0.340 e. The van der Waals surface area contributed by atoms with Gasteiger partial charge in [0.05, 0.1) is 16.1 Å². The lowest BCUT2D eigenvalue weighted by Crippen LogP contribution is -2.31. The summed E-state index contributed by atoms with van der Waals surface area (Å²) in [6, 6.07) is 9.14. The van der Waals surface area contributed by atoms with Crippen LogP contribution in [0.4, 0.5) is 10.1 Å². The Bertz CT molecular complexity index is 1010. The molecule has 1 amide bonds. The lowest BCUT2D eigenvalue weighted by molar-refractivity contribution is -0.124. The molecule has 2 aromatic rings. The first-order valence-electron chi connectivity index (χ1n) is 8.92. The van der Waals surface area contributed by atoms with Crippen molar-refractivity contribution in [3.8, 4) is 0 Å². The number of carbonyl (C=O) groups is 2. The minimum atomic E-state index is -4.07. The van der Waals surface area contributed by atoms with Crippen molar-refractivity contribution in [2.24, 2.45) is 5.92 Å². The van der Waals surface area contributed by atoms with Gasteiger partial charge < -0.3 is 10.1 Å². The van der Waals surface area contributed by atoms with Crippen LogP contribution in [0.15, 0.2) is 47.4 Å². The van der Waals surface area contributed by atoms with E-state index >= 15 is 0 Å². The third-order valence-corrected chi connectivity index (χ3v) is 5.39. The maximum absolute atomic E-state index is 13.3. The van der Waals surface area contributed by atoms with E-state index in [0.29, 0.717) is 6.54 Å². The zero-order chi connectivity index (χ0) is 21.6. The standard InChI is InChI=1S/C20H23FN2O5S/c1-13(2)11-22-19(24)12-28-20(25)16-6-4-5-7-17(16)23-29(26,27)18-9-8-15(21)10-14(18)3/h4-10,13,23H,11-12H2,1-3H3,(H,22,24). The molecule has 2 rings (SSSR count). The van der Waals surface area contributed by atoms with Crippen LogP contribution >= 0.6 is 0 Å². The van der Waals surface area contributed by atoms with E-state index in [4.69, 9.17) is 4.74 Å². The highest BCUT2D eigenvalue weighted by atomic mass is 32.2. The van der Waals surface area contributed by atoms with Crippen molar-refractivity contribution in [1.29, 1.82) is 0 Å². The number of ether oxygens (including phenoxy) is 1. The summed E-state index contributed by atoms with van der Waals surface area (Å²) in [6.07, 6.45) is 0. The molecule has 9 heteroatoms. The molecule has 0 unspecified atom stereocenters. The van der Waals surface area contributed by atoms with Crippen LogP contribution in [-0.4, -0.2) is 33.4 Å². The van der Waals surface area contributed by atoms with Gasteiger partial charge in [0.25, 0.3) is 15.9 Å². The molecule has 2 aromatic carbocycles. The van der Waals surface area contributed by atoms with Crippen LogP contribution in [0.25, 0.3) is 0 Å². The Balaban J connectivity index is 2.15. The number of amides is 1. The number of sulfonamides is 1. The highest BCUT2D eigenvalue weighted by molar-refractivity contribution is 7.92. The lowest BCUT2D eigenvalue weighted by atomic mass is 10.2. The van der Waals surface area contributed by atoms with Crippen molar-refractivity contribution >= 4 is 27.6 Å². The van der Waals surface area contributed by atoms with Crippen molar-refractivity contribution in [2.45, 2.75) is 25.7 Å². The van der Waals surface area contributed by atoms with E-state index in [-0.39, 0.29) is 27.6 Å². The van der Waals surface area contributed by atoms with Crippen LogP contribution in [0, 0.1) is 18.7 Å². The van der Waals surface area contributed by atoms with Gasteiger partial charge in [-0.3, -0.25) is 9.52 Å². The van der Waals surface area contributed by atoms with Crippen LogP contribution < -0.4 is 10.0 Å². The van der Waals surface area contributed by atoms with Gasteiger partial charge in [0.15, 0.2) is 6.61 Å². The quantitative estimate of drug-likeness (QED) is 0.637.